The van der Waals surface area contributed by atoms with Gasteiger partial charge in [-0.25, -0.2) is 4.68 Å². The van der Waals surface area contributed by atoms with Gasteiger partial charge in [0.15, 0.2) is 0 Å². The van der Waals surface area contributed by atoms with Gasteiger partial charge in [0.1, 0.15) is 6.54 Å². The summed E-state index contributed by atoms with van der Waals surface area (Å²) in [5.41, 5.74) is 2.96. The molecule has 0 saturated heterocycles. The molecule has 6 heteroatoms. The van der Waals surface area contributed by atoms with E-state index in [1.807, 2.05) is 36.4 Å². The maximum atomic E-state index is 12.3. The van der Waals surface area contributed by atoms with E-state index in [0.29, 0.717) is 22.3 Å². The zero-order valence-corrected chi connectivity index (χ0v) is 15.9. The van der Waals surface area contributed by atoms with Gasteiger partial charge in [-0.2, -0.15) is 5.10 Å². The molecule has 0 radical (unpaired) electrons. The quantitative estimate of drug-likeness (QED) is 0.715. The number of amides is 1. The van der Waals surface area contributed by atoms with Crippen molar-refractivity contribution in [2.24, 2.45) is 0 Å². The number of carbonyl (C=O) groups is 1. The largest absolute Gasteiger partial charge is 0.324 e. The van der Waals surface area contributed by atoms with Crippen molar-refractivity contribution in [3.8, 4) is 11.3 Å². The maximum absolute atomic E-state index is 12.3. The predicted octanol–water partition coefficient (Wildman–Crippen LogP) is 4.33. The Morgan fingerprint density at radius 3 is 2.33 bits per heavy atom. The van der Waals surface area contributed by atoms with Crippen LogP contribution in [0.15, 0.2) is 65.5 Å². The molecule has 0 bridgehead atoms. The van der Waals surface area contributed by atoms with E-state index >= 15 is 0 Å². The highest BCUT2D eigenvalue weighted by molar-refractivity contribution is 6.30. The Bertz CT molecular complexity index is 993. The van der Waals surface area contributed by atoms with E-state index in [1.54, 1.807) is 18.2 Å². The van der Waals surface area contributed by atoms with E-state index in [2.05, 4.69) is 24.3 Å². The Morgan fingerprint density at radius 2 is 1.70 bits per heavy atom. The highest BCUT2D eigenvalue weighted by Crippen LogP contribution is 2.19. The number of nitrogens with zero attached hydrogens (tertiary/aromatic N) is 2. The van der Waals surface area contributed by atoms with Gasteiger partial charge in [0.25, 0.3) is 5.56 Å². The molecule has 1 amide bonds. The third kappa shape index (κ3) is 4.83. The molecule has 0 saturated carbocycles. The van der Waals surface area contributed by atoms with Gasteiger partial charge in [-0.05, 0) is 41.8 Å². The minimum absolute atomic E-state index is 0.161. The lowest BCUT2D eigenvalue weighted by Crippen LogP contribution is -2.29. The number of rotatable bonds is 5. The molecule has 5 nitrogen and oxygen atoms in total. The van der Waals surface area contributed by atoms with Crippen molar-refractivity contribution in [1.82, 2.24) is 9.78 Å². The molecule has 0 aliphatic heterocycles. The molecule has 0 aliphatic rings. The molecule has 138 valence electrons. The number of benzene rings is 2. The fourth-order valence-electron chi connectivity index (χ4n) is 2.62. The number of nitrogens with one attached hydrogen (secondary N) is 1. The summed E-state index contributed by atoms with van der Waals surface area (Å²) in [4.78, 5) is 24.4. The molecule has 0 spiro atoms. The number of hydrogen-bond acceptors (Lipinski definition) is 3. The number of carbonyl (C=O) groups excluding carboxylic acids is 1. The molecule has 0 aliphatic carbocycles. The van der Waals surface area contributed by atoms with Gasteiger partial charge in [0, 0.05) is 22.3 Å². The van der Waals surface area contributed by atoms with Crippen LogP contribution in [0, 0.1) is 0 Å². The summed E-state index contributed by atoms with van der Waals surface area (Å²) in [5, 5.41) is 7.71. The zero-order chi connectivity index (χ0) is 19.4. The first-order valence-electron chi connectivity index (χ1n) is 8.66. The van der Waals surface area contributed by atoms with Crippen LogP contribution >= 0.6 is 11.6 Å². The van der Waals surface area contributed by atoms with Crippen molar-refractivity contribution in [3.63, 3.8) is 0 Å². The van der Waals surface area contributed by atoms with Crippen LogP contribution in [-0.4, -0.2) is 15.7 Å². The second kappa shape index (κ2) is 8.18. The molecule has 0 unspecified atom stereocenters. The van der Waals surface area contributed by atoms with Gasteiger partial charge in [-0.3, -0.25) is 9.59 Å². The van der Waals surface area contributed by atoms with Crippen molar-refractivity contribution in [1.29, 1.82) is 0 Å². The van der Waals surface area contributed by atoms with Gasteiger partial charge in [0.05, 0.1) is 5.69 Å². The lowest BCUT2D eigenvalue weighted by molar-refractivity contribution is -0.117. The summed E-state index contributed by atoms with van der Waals surface area (Å²) in [6.45, 7) is 4.06. The molecule has 2 aromatic carbocycles. The third-order valence-corrected chi connectivity index (χ3v) is 4.41. The molecule has 27 heavy (non-hydrogen) atoms. The maximum Gasteiger partial charge on any atom is 0.267 e. The van der Waals surface area contributed by atoms with Crippen LogP contribution in [0.2, 0.25) is 5.02 Å². The van der Waals surface area contributed by atoms with Crippen molar-refractivity contribution < 1.29 is 4.79 Å². The van der Waals surface area contributed by atoms with Crippen LogP contribution in [0.5, 0.6) is 0 Å². The monoisotopic (exact) mass is 381 g/mol. The number of aromatic nitrogens is 2. The van der Waals surface area contributed by atoms with Crippen LogP contribution in [0.1, 0.15) is 25.3 Å². The topological polar surface area (TPSA) is 64.0 Å². The number of halogens is 1. The van der Waals surface area contributed by atoms with Crippen LogP contribution in [0.3, 0.4) is 0 Å². The average Bonchev–Trinajstić information content (AvgIpc) is 2.64. The fourth-order valence-corrected chi connectivity index (χ4v) is 2.75. The highest BCUT2D eigenvalue weighted by atomic mass is 35.5. The van der Waals surface area contributed by atoms with Crippen LogP contribution in [0.4, 0.5) is 5.69 Å². The second-order valence-corrected chi connectivity index (χ2v) is 6.98. The summed E-state index contributed by atoms with van der Waals surface area (Å²) in [5.74, 6) is 0.114. The minimum Gasteiger partial charge on any atom is -0.324 e. The average molecular weight is 382 g/mol. The standard InChI is InChI=1S/C21H20ClN3O2/c1-14(2)15-5-9-18(10-6-15)23-20(26)13-25-21(27)12-11-19(24-25)16-3-7-17(22)8-4-16/h3-12,14H,13H2,1-2H3,(H,23,26). The third-order valence-electron chi connectivity index (χ3n) is 4.16. The molecule has 1 N–H and O–H groups in total. The molecule has 3 rings (SSSR count). The number of hydrogen-bond donors (Lipinski definition) is 1. The van der Waals surface area contributed by atoms with Gasteiger partial charge >= 0.3 is 0 Å². The lowest BCUT2D eigenvalue weighted by Gasteiger charge is -2.10. The van der Waals surface area contributed by atoms with Crippen LogP contribution < -0.4 is 10.9 Å². The van der Waals surface area contributed by atoms with Gasteiger partial charge < -0.3 is 5.32 Å². The molecule has 0 fully saturated rings. The normalized spacial score (nSPS) is 10.8. The van der Waals surface area contributed by atoms with Gasteiger partial charge in [0.2, 0.25) is 5.91 Å². The van der Waals surface area contributed by atoms with E-state index in [0.717, 1.165) is 10.2 Å². The van der Waals surface area contributed by atoms with Crippen LogP contribution in [0.25, 0.3) is 11.3 Å². The zero-order valence-electron chi connectivity index (χ0n) is 15.1. The Balaban J connectivity index is 1.74. The summed E-state index contributed by atoms with van der Waals surface area (Å²) in [7, 11) is 0. The molecule has 1 heterocycles. The van der Waals surface area contributed by atoms with Crippen molar-refractivity contribution in [2.45, 2.75) is 26.3 Å². The summed E-state index contributed by atoms with van der Waals surface area (Å²) in [6, 6.07) is 17.8. The smallest absolute Gasteiger partial charge is 0.267 e. The molecule has 0 atom stereocenters. The highest BCUT2D eigenvalue weighted by Gasteiger charge is 2.09. The summed E-state index contributed by atoms with van der Waals surface area (Å²) >= 11 is 5.90. The molecular formula is C21H20ClN3O2. The van der Waals surface area contributed by atoms with Crippen molar-refractivity contribution in [3.05, 3.63) is 81.6 Å². The Kier molecular flexibility index (Phi) is 5.72. The van der Waals surface area contributed by atoms with Crippen molar-refractivity contribution in [2.75, 3.05) is 5.32 Å². The minimum atomic E-state index is -0.335. The van der Waals surface area contributed by atoms with E-state index in [9.17, 15) is 9.59 Å². The lowest BCUT2D eigenvalue weighted by atomic mass is 10.0. The van der Waals surface area contributed by atoms with E-state index in [4.69, 9.17) is 11.6 Å². The predicted molar refractivity (Wildman–Crippen MR) is 108 cm³/mol. The van der Waals surface area contributed by atoms with E-state index in [1.165, 1.54) is 11.6 Å². The first-order chi connectivity index (χ1) is 12.9. The first-order valence-corrected chi connectivity index (χ1v) is 9.04. The van der Waals surface area contributed by atoms with Gasteiger partial charge in [-0.15, -0.1) is 0 Å². The molecular weight excluding hydrogens is 362 g/mol. The second-order valence-electron chi connectivity index (χ2n) is 6.55. The molecule has 1 aromatic heterocycles. The van der Waals surface area contributed by atoms with E-state index < -0.39 is 0 Å². The summed E-state index contributed by atoms with van der Waals surface area (Å²) in [6.07, 6.45) is 0. The van der Waals surface area contributed by atoms with E-state index in [-0.39, 0.29) is 18.0 Å². The molecule has 3 aromatic rings. The van der Waals surface area contributed by atoms with Gasteiger partial charge in [-0.1, -0.05) is 49.7 Å². The Labute approximate surface area is 162 Å². The van der Waals surface area contributed by atoms with Crippen molar-refractivity contribution >= 4 is 23.2 Å². The first kappa shape index (κ1) is 18.9. The SMILES string of the molecule is CC(C)c1ccc(NC(=O)Cn2nc(-c3ccc(Cl)cc3)ccc2=O)cc1. The fraction of sp³-hybridized carbons (Fsp3) is 0.190. The Morgan fingerprint density at radius 1 is 1.04 bits per heavy atom. The number of anilines is 1. The Hall–Kier alpha value is -2.92. The van der Waals surface area contributed by atoms with Crippen LogP contribution in [-0.2, 0) is 11.3 Å². The summed E-state index contributed by atoms with van der Waals surface area (Å²) < 4.78 is 1.15.